The number of amides is 2. The van der Waals surface area contributed by atoms with Crippen LogP contribution in [0.4, 0.5) is 0 Å². The molecule has 3 N–H and O–H groups in total. The van der Waals surface area contributed by atoms with Gasteiger partial charge >= 0.3 is 0 Å². The van der Waals surface area contributed by atoms with E-state index in [0.29, 0.717) is 17.1 Å². The predicted octanol–water partition coefficient (Wildman–Crippen LogP) is 4.49. The molecule has 33 heavy (non-hydrogen) atoms. The molecule has 3 aromatic rings. The smallest absolute Gasteiger partial charge is 0.279 e. The van der Waals surface area contributed by atoms with Crippen LogP contribution >= 0.6 is 28.1 Å². The molecular formula is C24H24BrN3O4S. The summed E-state index contributed by atoms with van der Waals surface area (Å²) in [7, 11) is 0. The number of carbonyl (C=O) groups excluding carboxylic acids is 2. The van der Waals surface area contributed by atoms with E-state index < -0.39 is 17.9 Å². The molecule has 0 aromatic heterocycles. The molecule has 0 bridgehead atoms. The number of halogens is 1. The van der Waals surface area contributed by atoms with Gasteiger partial charge in [-0.05, 0) is 74.1 Å². The number of benzene rings is 3. The Morgan fingerprint density at radius 1 is 0.909 bits per heavy atom. The lowest BCUT2D eigenvalue weighted by Gasteiger charge is -2.17. The summed E-state index contributed by atoms with van der Waals surface area (Å²) in [5, 5.41) is 4.55. The molecule has 0 aliphatic rings. The van der Waals surface area contributed by atoms with E-state index in [2.05, 4.69) is 32.1 Å². The Bertz CT molecular complexity index is 1190. The quantitative estimate of drug-likeness (QED) is 0.322. The van der Waals surface area contributed by atoms with Crippen molar-refractivity contribution in [2.24, 2.45) is 0 Å². The Balaban J connectivity index is 1.54. The molecule has 0 saturated heterocycles. The minimum absolute atomic E-state index is 0.0678. The Kier molecular flexibility index (Phi) is 8.24. The van der Waals surface area contributed by atoms with Gasteiger partial charge in [0.2, 0.25) is 0 Å². The van der Waals surface area contributed by atoms with Gasteiger partial charge in [-0.3, -0.25) is 25.8 Å². The molecule has 0 aliphatic heterocycles. The van der Waals surface area contributed by atoms with Gasteiger partial charge in [0.15, 0.2) is 11.2 Å². The highest BCUT2D eigenvalue weighted by Crippen LogP contribution is 2.24. The maximum atomic E-state index is 12.7. The van der Waals surface area contributed by atoms with Crippen LogP contribution in [-0.2, 0) is 4.79 Å². The summed E-state index contributed by atoms with van der Waals surface area (Å²) in [6, 6.07) is 18.6. The Morgan fingerprint density at radius 2 is 1.64 bits per heavy atom. The lowest BCUT2D eigenvalue weighted by Crippen LogP contribution is -2.51. The third-order valence-corrected chi connectivity index (χ3v) is 5.18. The van der Waals surface area contributed by atoms with Gasteiger partial charge in [0.25, 0.3) is 11.8 Å². The number of ether oxygens (including phenoxy) is 2. The van der Waals surface area contributed by atoms with Gasteiger partial charge < -0.3 is 9.47 Å². The van der Waals surface area contributed by atoms with Crippen molar-refractivity contribution in [2.75, 3.05) is 0 Å². The highest BCUT2D eigenvalue weighted by Gasteiger charge is 2.18. The molecule has 3 rings (SSSR count). The van der Waals surface area contributed by atoms with Gasteiger partial charge in [-0.15, -0.1) is 0 Å². The summed E-state index contributed by atoms with van der Waals surface area (Å²) in [6.45, 7) is 5.35. The van der Waals surface area contributed by atoms with E-state index >= 15 is 0 Å². The molecule has 3 aromatic carbocycles. The van der Waals surface area contributed by atoms with Crippen molar-refractivity contribution in [1.82, 2.24) is 16.2 Å². The fourth-order valence-electron chi connectivity index (χ4n) is 2.96. The molecule has 0 radical (unpaired) electrons. The number of fused-ring (bicyclic) bond motifs is 1. The van der Waals surface area contributed by atoms with Gasteiger partial charge in [-0.2, -0.15) is 0 Å². The first-order valence-corrected chi connectivity index (χ1v) is 11.5. The number of hydrogen-bond acceptors (Lipinski definition) is 5. The summed E-state index contributed by atoms with van der Waals surface area (Å²) in [5.41, 5.74) is 5.27. The van der Waals surface area contributed by atoms with Crippen LogP contribution in [-0.4, -0.2) is 29.1 Å². The van der Waals surface area contributed by atoms with Crippen LogP contribution in [0, 0.1) is 0 Å². The van der Waals surface area contributed by atoms with E-state index in [0.717, 1.165) is 15.2 Å². The monoisotopic (exact) mass is 529 g/mol. The van der Waals surface area contributed by atoms with Crippen molar-refractivity contribution in [1.29, 1.82) is 0 Å². The maximum Gasteiger partial charge on any atom is 0.279 e. The summed E-state index contributed by atoms with van der Waals surface area (Å²) in [4.78, 5) is 25.1. The zero-order chi connectivity index (χ0) is 24.0. The van der Waals surface area contributed by atoms with E-state index in [1.165, 1.54) is 0 Å². The van der Waals surface area contributed by atoms with Crippen LogP contribution in [0.1, 0.15) is 31.1 Å². The molecule has 7 nitrogen and oxygen atoms in total. The summed E-state index contributed by atoms with van der Waals surface area (Å²) in [6.07, 6.45) is -0.903. The van der Waals surface area contributed by atoms with Crippen molar-refractivity contribution in [2.45, 2.75) is 33.0 Å². The normalized spacial score (nSPS) is 11.5. The second-order valence-corrected chi connectivity index (χ2v) is 8.80. The lowest BCUT2D eigenvalue weighted by atomic mass is 10.1. The van der Waals surface area contributed by atoms with Crippen molar-refractivity contribution < 1.29 is 19.1 Å². The molecule has 1 unspecified atom stereocenters. The molecular weight excluding hydrogens is 506 g/mol. The van der Waals surface area contributed by atoms with E-state index in [9.17, 15) is 9.59 Å². The highest BCUT2D eigenvalue weighted by molar-refractivity contribution is 9.10. The molecule has 0 heterocycles. The fraction of sp³-hybridized carbons (Fsp3) is 0.208. The van der Waals surface area contributed by atoms with Crippen molar-refractivity contribution in [3.8, 4) is 11.5 Å². The molecule has 0 spiro atoms. The second-order valence-electron chi connectivity index (χ2n) is 7.47. The number of hydrazine groups is 1. The van der Waals surface area contributed by atoms with E-state index in [-0.39, 0.29) is 11.2 Å². The average Bonchev–Trinajstić information content (AvgIpc) is 2.78. The minimum Gasteiger partial charge on any atom is -0.490 e. The van der Waals surface area contributed by atoms with Gasteiger partial charge in [0.05, 0.1) is 11.7 Å². The summed E-state index contributed by atoms with van der Waals surface area (Å²) >= 11 is 8.48. The molecule has 9 heteroatoms. The molecule has 2 amide bonds. The standard InChI is InChI=1S/C24H24BrN3O4S/c1-14(2)31-21-11-9-18(25)13-20(21)23(30)26-24(33)28-27-22(29)15(3)32-19-10-8-16-6-4-5-7-17(16)12-19/h4-15H,1-3H3,(H,27,29)(H2,26,28,30,33). The van der Waals surface area contributed by atoms with Gasteiger partial charge in [-0.1, -0.05) is 46.3 Å². The molecule has 0 fully saturated rings. The third-order valence-electron chi connectivity index (χ3n) is 4.48. The lowest BCUT2D eigenvalue weighted by molar-refractivity contribution is -0.127. The van der Waals surface area contributed by atoms with Crippen molar-refractivity contribution in [3.63, 3.8) is 0 Å². The Hall–Kier alpha value is -3.17. The number of carbonyl (C=O) groups is 2. The van der Waals surface area contributed by atoms with Crippen molar-refractivity contribution in [3.05, 3.63) is 70.7 Å². The largest absolute Gasteiger partial charge is 0.490 e. The number of nitrogens with one attached hydrogen (secondary N) is 3. The first-order chi connectivity index (χ1) is 15.7. The van der Waals surface area contributed by atoms with E-state index in [4.69, 9.17) is 21.7 Å². The molecule has 0 aliphatic carbocycles. The molecule has 1 atom stereocenters. The van der Waals surface area contributed by atoms with Crippen molar-refractivity contribution >= 4 is 55.8 Å². The topological polar surface area (TPSA) is 88.7 Å². The van der Waals surface area contributed by atoms with Crippen LogP contribution in [0.2, 0.25) is 0 Å². The fourth-order valence-corrected chi connectivity index (χ4v) is 3.46. The average molecular weight is 530 g/mol. The van der Waals surface area contributed by atoms with Crippen LogP contribution in [0.3, 0.4) is 0 Å². The van der Waals surface area contributed by atoms with Gasteiger partial charge in [-0.25, -0.2) is 0 Å². The number of hydrogen-bond donors (Lipinski definition) is 3. The number of thiocarbonyl (C=S) groups is 1. The van der Waals surface area contributed by atoms with Crippen LogP contribution in [0.5, 0.6) is 11.5 Å². The second kappa shape index (κ2) is 11.1. The Morgan fingerprint density at radius 3 is 2.36 bits per heavy atom. The minimum atomic E-state index is -0.798. The highest BCUT2D eigenvalue weighted by atomic mass is 79.9. The van der Waals surface area contributed by atoms with Gasteiger partial charge in [0, 0.05) is 4.47 Å². The SMILES string of the molecule is CC(C)Oc1ccc(Br)cc1C(=O)NC(=S)NNC(=O)C(C)Oc1ccc2ccccc2c1. The van der Waals surface area contributed by atoms with Gasteiger partial charge in [0.1, 0.15) is 11.5 Å². The third kappa shape index (κ3) is 6.90. The predicted molar refractivity (Wildman–Crippen MR) is 135 cm³/mol. The molecule has 0 saturated carbocycles. The van der Waals surface area contributed by atoms with E-state index in [1.807, 2.05) is 50.2 Å². The zero-order valence-corrected chi connectivity index (χ0v) is 20.7. The van der Waals surface area contributed by atoms with E-state index in [1.54, 1.807) is 31.2 Å². The Labute approximate surface area is 205 Å². The maximum absolute atomic E-state index is 12.7. The molecule has 172 valence electrons. The van der Waals surface area contributed by atoms with Crippen LogP contribution < -0.4 is 25.6 Å². The zero-order valence-electron chi connectivity index (χ0n) is 18.3. The van der Waals surface area contributed by atoms with Crippen LogP contribution in [0.25, 0.3) is 10.8 Å². The first kappa shape index (κ1) is 24.5. The number of rotatable bonds is 6. The van der Waals surface area contributed by atoms with Crippen LogP contribution in [0.15, 0.2) is 65.1 Å². The summed E-state index contributed by atoms with van der Waals surface area (Å²) in [5.74, 6) is 0.0692. The summed E-state index contributed by atoms with van der Waals surface area (Å²) < 4.78 is 12.1. The first-order valence-electron chi connectivity index (χ1n) is 10.3.